The highest BCUT2D eigenvalue weighted by Crippen LogP contribution is 2.18. The first-order valence-electron chi connectivity index (χ1n) is 8.52. The summed E-state index contributed by atoms with van der Waals surface area (Å²) in [4.78, 5) is 4.19. The largest absolute Gasteiger partial charge is 0.356 e. The van der Waals surface area contributed by atoms with E-state index in [9.17, 15) is 12.8 Å². The number of nitrogens with one attached hydrogen (secondary N) is 2. The number of hydrogen-bond donors (Lipinski definition) is 2. The second-order valence-electron chi connectivity index (χ2n) is 6.37. The molecule has 1 aromatic carbocycles. The van der Waals surface area contributed by atoms with Gasteiger partial charge < -0.3 is 10.6 Å². The van der Waals surface area contributed by atoms with Gasteiger partial charge in [0.2, 0.25) is 10.0 Å². The molecule has 0 bridgehead atoms. The molecule has 26 heavy (non-hydrogen) atoms. The van der Waals surface area contributed by atoms with Crippen molar-refractivity contribution in [3.8, 4) is 0 Å². The highest BCUT2D eigenvalue weighted by molar-refractivity contribution is 14.0. The number of benzene rings is 1. The molecule has 1 heterocycles. The zero-order chi connectivity index (χ0) is 18.3. The average molecular weight is 498 g/mol. The molecule has 2 N–H and O–H groups in total. The Morgan fingerprint density at radius 1 is 1.31 bits per heavy atom. The molecule has 9 heteroatoms. The predicted molar refractivity (Wildman–Crippen MR) is 114 cm³/mol. The fraction of sp³-hybridized carbons (Fsp3) is 0.588. The van der Waals surface area contributed by atoms with Crippen LogP contribution in [-0.2, 0) is 16.4 Å². The van der Waals surface area contributed by atoms with Crippen LogP contribution in [0.25, 0.3) is 0 Å². The zero-order valence-electron chi connectivity index (χ0n) is 15.2. The quantitative estimate of drug-likeness (QED) is 0.357. The summed E-state index contributed by atoms with van der Waals surface area (Å²) in [5, 5.41) is 6.51. The Bertz CT molecular complexity index is 692. The molecule has 0 amide bonds. The van der Waals surface area contributed by atoms with Gasteiger partial charge in [0, 0.05) is 33.2 Å². The average Bonchev–Trinajstić information content (AvgIpc) is 2.57. The molecule has 0 saturated carbocycles. The van der Waals surface area contributed by atoms with E-state index < -0.39 is 10.0 Å². The fourth-order valence-corrected chi connectivity index (χ4v) is 3.80. The summed E-state index contributed by atoms with van der Waals surface area (Å²) in [6.07, 6.45) is 3.67. The van der Waals surface area contributed by atoms with Crippen molar-refractivity contribution in [1.82, 2.24) is 14.9 Å². The number of nitrogens with zero attached hydrogens (tertiary/aromatic N) is 2. The summed E-state index contributed by atoms with van der Waals surface area (Å²) in [7, 11) is -1.36. The third-order valence-electron chi connectivity index (χ3n) is 4.42. The molecule has 0 aliphatic carbocycles. The Morgan fingerprint density at radius 2 is 2.00 bits per heavy atom. The van der Waals surface area contributed by atoms with Crippen molar-refractivity contribution >= 4 is 40.0 Å². The van der Waals surface area contributed by atoms with E-state index in [-0.39, 0.29) is 29.8 Å². The smallest absolute Gasteiger partial charge is 0.211 e. The summed E-state index contributed by atoms with van der Waals surface area (Å²) >= 11 is 0. The lowest BCUT2D eigenvalue weighted by atomic mass is 9.98. The van der Waals surface area contributed by atoms with Gasteiger partial charge in [0.25, 0.3) is 0 Å². The molecular weight excluding hydrogens is 470 g/mol. The van der Waals surface area contributed by atoms with Crippen molar-refractivity contribution in [3.63, 3.8) is 0 Å². The highest BCUT2D eigenvalue weighted by atomic mass is 127. The van der Waals surface area contributed by atoms with Crippen LogP contribution in [0, 0.1) is 11.7 Å². The summed E-state index contributed by atoms with van der Waals surface area (Å²) in [5.74, 6) is 0.919. The Balaban J connectivity index is 0.00000338. The summed E-state index contributed by atoms with van der Waals surface area (Å²) in [6.45, 7) is 2.58. The van der Waals surface area contributed by atoms with E-state index in [1.807, 2.05) is 6.07 Å². The minimum Gasteiger partial charge on any atom is -0.356 e. The van der Waals surface area contributed by atoms with Crippen LogP contribution in [-0.4, -0.2) is 58.2 Å². The van der Waals surface area contributed by atoms with Crippen LogP contribution in [0.3, 0.4) is 0 Å². The molecule has 2 rings (SSSR count). The summed E-state index contributed by atoms with van der Waals surface area (Å²) < 4.78 is 37.7. The Kier molecular flexibility index (Phi) is 9.80. The molecule has 1 aliphatic heterocycles. The van der Waals surface area contributed by atoms with E-state index >= 15 is 0 Å². The Morgan fingerprint density at radius 3 is 2.58 bits per heavy atom. The molecule has 1 aromatic rings. The minimum absolute atomic E-state index is 0. The van der Waals surface area contributed by atoms with Gasteiger partial charge in [0.05, 0.1) is 6.26 Å². The predicted octanol–water partition coefficient (Wildman–Crippen LogP) is 1.82. The Labute approximate surface area is 172 Å². The third-order valence-corrected chi connectivity index (χ3v) is 5.72. The van der Waals surface area contributed by atoms with E-state index in [1.165, 1.54) is 22.7 Å². The van der Waals surface area contributed by atoms with Crippen molar-refractivity contribution in [1.29, 1.82) is 0 Å². The van der Waals surface area contributed by atoms with Crippen molar-refractivity contribution in [3.05, 3.63) is 35.6 Å². The van der Waals surface area contributed by atoms with E-state index in [4.69, 9.17) is 0 Å². The van der Waals surface area contributed by atoms with Gasteiger partial charge in [-0.2, -0.15) is 0 Å². The summed E-state index contributed by atoms with van der Waals surface area (Å²) in [5.41, 5.74) is 0.941. The van der Waals surface area contributed by atoms with Crippen molar-refractivity contribution in [2.24, 2.45) is 10.9 Å². The molecule has 6 nitrogen and oxygen atoms in total. The topological polar surface area (TPSA) is 73.8 Å². The number of hydrogen-bond acceptors (Lipinski definition) is 3. The molecular formula is C17H28FIN4O2S. The SMILES string of the molecule is CN=C(NCCc1cccc(F)c1)NCC1CCN(S(C)(=O)=O)CC1.I. The number of sulfonamides is 1. The van der Waals surface area contributed by atoms with Gasteiger partial charge in [-0.15, -0.1) is 24.0 Å². The first-order valence-corrected chi connectivity index (χ1v) is 10.4. The van der Waals surface area contributed by atoms with Gasteiger partial charge in [-0.25, -0.2) is 17.1 Å². The highest BCUT2D eigenvalue weighted by Gasteiger charge is 2.24. The summed E-state index contributed by atoms with van der Waals surface area (Å²) in [6, 6.07) is 6.58. The second kappa shape index (κ2) is 11.0. The first-order chi connectivity index (χ1) is 11.9. The van der Waals surface area contributed by atoms with E-state index in [2.05, 4.69) is 15.6 Å². The van der Waals surface area contributed by atoms with E-state index in [0.29, 0.717) is 37.9 Å². The van der Waals surface area contributed by atoms with E-state index in [0.717, 1.165) is 24.9 Å². The lowest BCUT2D eigenvalue weighted by Crippen LogP contribution is -2.44. The van der Waals surface area contributed by atoms with Crippen LogP contribution in [0.15, 0.2) is 29.3 Å². The second-order valence-corrected chi connectivity index (χ2v) is 8.35. The maximum atomic E-state index is 13.1. The van der Waals surface area contributed by atoms with Gasteiger partial charge >= 0.3 is 0 Å². The zero-order valence-corrected chi connectivity index (χ0v) is 18.4. The van der Waals surface area contributed by atoms with Crippen molar-refractivity contribution < 1.29 is 12.8 Å². The molecule has 0 aromatic heterocycles. The van der Waals surface area contributed by atoms with Gasteiger partial charge in [0.15, 0.2) is 5.96 Å². The van der Waals surface area contributed by atoms with Crippen LogP contribution in [0.5, 0.6) is 0 Å². The van der Waals surface area contributed by atoms with Gasteiger partial charge in [-0.1, -0.05) is 12.1 Å². The van der Waals surface area contributed by atoms with E-state index in [1.54, 1.807) is 13.1 Å². The number of aliphatic imine (C=N–C) groups is 1. The fourth-order valence-electron chi connectivity index (χ4n) is 2.92. The monoisotopic (exact) mass is 498 g/mol. The molecule has 0 atom stereocenters. The first kappa shape index (κ1) is 23.1. The van der Waals surface area contributed by atoms with Crippen LogP contribution >= 0.6 is 24.0 Å². The molecule has 148 valence electrons. The van der Waals surface area contributed by atoms with Crippen LogP contribution in [0.1, 0.15) is 18.4 Å². The van der Waals surface area contributed by atoms with Gasteiger partial charge in [-0.05, 0) is 42.9 Å². The lowest BCUT2D eigenvalue weighted by Gasteiger charge is -2.30. The maximum Gasteiger partial charge on any atom is 0.211 e. The number of halogens is 2. The maximum absolute atomic E-state index is 13.1. The third kappa shape index (κ3) is 7.75. The number of rotatable bonds is 6. The number of piperidine rings is 1. The molecule has 0 radical (unpaired) electrons. The molecule has 1 aliphatic rings. The Hall–Kier alpha value is -0.940. The van der Waals surface area contributed by atoms with Gasteiger partial charge in [-0.3, -0.25) is 4.99 Å². The lowest BCUT2D eigenvalue weighted by molar-refractivity contribution is 0.275. The van der Waals surface area contributed by atoms with Gasteiger partial charge in [0.1, 0.15) is 5.82 Å². The minimum atomic E-state index is -3.08. The number of guanidine groups is 1. The molecule has 1 fully saturated rings. The molecule has 1 saturated heterocycles. The molecule has 0 unspecified atom stereocenters. The van der Waals surface area contributed by atoms with Crippen LogP contribution < -0.4 is 10.6 Å². The normalized spacial score (nSPS) is 16.8. The van der Waals surface area contributed by atoms with Crippen LogP contribution in [0.2, 0.25) is 0 Å². The van der Waals surface area contributed by atoms with Crippen molar-refractivity contribution in [2.75, 3.05) is 39.5 Å². The van der Waals surface area contributed by atoms with Crippen molar-refractivity contribution in [2.45, 2.75) is 19.3 Å². The van der Waals surface area contributed by atoms with Crippen LogP contribution in [0.4, 0.5) is 4.39 Å². The standard InChI is InChI=1S/C17H27FN4O2S.HI/c1-19-17(20-9-6-14-4-3-5-16(18)12-14)21-13-15-7-10-22(11-8-15)25(2,23)24;/h3-5,12,15H,6-11,13H2,1-2H3,(H2,19,20,21);1H. The molecule has 0 spiro atoms.